The Morgan fingerprint density at radius 3 is 2.55 bits per heavy atom. The number of carbonyl (C=O) groups excluding carboxylic acids is 2. The van der Waals surface area contributed by atoms with Gasteiger partial charge in [0.05, 0.1) is 11.8 Å². The summed E-state index contributed by atoms with van der Waals surface area (Å²) in [5.74, 6) is 0.538. The lowest BCUT2D eigenvalue weighted by Gasteiger charge is -2.30. The summed E-state index contributed by atoms with van der Waals surface area (Å²) in [7, 11) is 0. The number of Topliss-reactive ketones (excluding diaryl/α,β-unsaturated/α-hetero) is 1. The van der Waals surface area contributed by atoms with Gasteiger partial charge in [0.1, 0.15) is 11.5 Å². The molecular weight excluding hydrogens is 517 g/mol. The number of alkyl halides is 3. The van der Waals surface area contributed by atoms with E-state index in [1.165, 1.54) is 18.3 Å². The largest absolute Gasteiger partial charge is 0.416 e. The van der Waals surface area contributed by atoms with Crippen LogP contribution in [0.15, 0.2) is 59.3 Å². The second-order valence-electron chi connectivity index (χ2n) is 9.71. The number of hydrogen-bond donors (Lipinski definition) is 2. The van der Waals surface area contributed by atoms with Crippen LogP contribution in [0.25, 0.3) is 6.08 Å². The summed E-state index contributed by atoms with van der Waals surface area (Å²) in [6.07, 6.45) is 9.02. The highest BCUT2D eigenvalue weighted by Crippen LogP contribution is 2.30. The first-order valence-corrected chi connectivity index (χ1v) is 13.6. The molecule has 1 aliphatic rings. The first-order valence-electron chi connectivity index (χ1n) is 13.6. The third kappa shape index (κ3) is 9.77. The van der Waals surface area contributed by atoms with Crippen molar-refractivity contribution in [3.05, 3.63) is 82.0 Å². The molecule has 2 heterocycles. The third-order valence-corrected chi connectivity index (χ3v) is 6.44. The number of amides is 1. The molecule has 3 rings (SSSR count). The van der Waals surface area contributed by atoms with E-state index < -0.39 is 11.7 Å². The number of nitrogens with zero attached hydrogens (tertiary/aromatic N) is 2. The van der Waals surface area contributed by atoms with Crippen LogP contribution in [-0.4, -0.2) is 45.9 Å². The van der Waals surface area contributed by atoms with Crippen molar-refractivity contribution in [2.75, 3.05) is 13.1 Å². The predicted octanol–water partition coefficient (Wildman–Crippen LogP) is 7.60. The van der Waals surface area contributed by atoms with Crippen molar-refractivity contribution in [3.8, 4) is 0 Å². The molecule has 1 amide bonds. The minimum atomic E-state index is -4.22. The molecule has 0 saturated heterocycles. The zero-order chi connectivity index (χ0) is 29.7. The van der Waals surface area contributed by atoms with Crippen LogP contribution in [0, 0.1) is 5.41 Å². The fourth-order valence-electron chi connectivity index (χ4n) is 4.42. The number of H-pyrrole nitrogens is 1. The molecule has 0 fully saturated rings. The number of nitrogens with one attached hydrogen (secondary N) is 2. The van der Waals surface area contributed by atoms with E-state index in [0.717, 1.165) is 60.2 Å². The monoisotopic (exact) mass is 556 g/mol. The number of aromatic amines is 1. The standard InChI is InChI=1S/C21H28N4O2.C10H11F3/c1-4-5-6-8-18(16(3)26)17-10-12-25(14-15(17)2)21(27)19-13-23-20(24-19)9-7-11-22;1-2-4-8-5-3-6-9(7-8)10(11,12)13/h7-9,11,13,22H,4-6,10,12,14H2,1-3H3,(H,23,24);3,5-7H,2,4H2,1H3/b9-7-,18-8-,22-11?;. The van der Waals surface area contributed by atoms with Crippen LogP contribution in [0.1, 0.15) is 87.2 Å². The average molecular weight is 557 g/mol. The van der Waals surface area contributed by atoms with Crippen LogP contribution in [0.5, 0.6) is 0 Å². The second-order valence-corrected chi connectivity index (χ2v) is 9.71. The van der Waals surface area contributed by atoms with Crippen molar-refractivity contribution in [2.45, 2.75) is 72.4 Å². The Labute approximate surface area is 234 Å². The highest BCUT2D eigenvalue weighted by Gasteiger charge is 2.30. The molecule has 2 aromatic rings. The number of benzene rings is 1. The zero-order valence-corrected chi connectivity index (χ0v) is 23.7. The summed E-state index contributed by atoms with van der Waals surface area (Å²) in [5, 5.41) is 7.00. The van der Waals surface area contributed by atoms with E-state index in [-0.39, 0.29) is 11.7 Å². The molecule has 1 aliphatic heterocycles. The lowest BCUT2D eigenvalue weighted by Crippen LogP contribution is -2.37. The minimum absolute atomic E-state index is 0.0939. The van der Waals surface area contributed by atoms with Crippen molar-refractivity contribution in [3.63, 3.8) is 0 Å². The number of ketones is 1. The number of carbonyl (C=O) groups is 2. The van der Waals surface area contributed by atoms with Gasteiger partial charge in [0, 0.05) is 24.9 Å². The molecular formula is C31H39F3N4O2. The number of hydrogen-bond acceptors (Lipinski definition) is 4. The Bertz CT molecular complexity index is 1260. The smallest absolute Gasteiger partial charge is 0.334 e. The molecule has 1 aromatic heterocycles. The molecule has 2 N–H and O–H groups in total. The van der Waals surface area contributed by atoms with E-state index in [1.807, 2.05) is 13.8 Å². The van der Waals surface area contributed by atoms with Gasteiger partial charge in [0.15, 0.2) is 5.78 Å². The first-order chi connectivity index (χ1) is 19.0. The molecule has 0 unspecified atom stereocenters. The van der Waals surface area contributed by atoms with Gasteiger partial charge >= 0.3 is 6.18 Å². The topological polar surface area (TPSA) is 89.9 Å². The number of unbranched alkanes of at least 4 members (excludes halogenated alkanes) is 2. The summed E-state index contributed by atoms with van der Waals surface area (Å²) in [6.45, 7) is 8.78. The minimum Gasteiger partial charge on any atom is -0.334 e. The van der Waals surface area contributed by atoms with Crippen molar-refractivity contribution >= 4 is 24.0 Å². The van der Waals surface area contributed by atoms with E-state index in [1.54, 1.807) is 30.0 Å². The summed E-state index contributed by atoms with van der Waals surface area (Å²) in [6, 6.07) is 5.48. The Morgan fingerprint density at radius 2 is 1.95 bits per heavy atom. The number of aromatic nitrogens is 2. The first kappa shape index (κ1) is 32.5. The maximum absolute atomic E-state index is 12.7. The van der Waals surface area contributed by atoms with Crippen LogP contribution < -0.4 is 0 Å². The van der Waals surface area contributed by atoms with Gasteiger partial charge in [0.2, 0.25) is 0 Å². The van der Waals surface area contributed by atoms with Gasteiger partial charge in [-0.1, -0.05) is 57.4 Å². The van der Waals surface area contributed by atoms with E-state index >= 15 is 0 Å². The SMILES string of the molecule is CCCC/C=C(/C(C)=O)C1=C(C)CN(C(=O)c2cnc(/C=C\C=N)[nH]2)CC1.CCCc1cccc(C(F)(F)F)c1. The van der Waals surface area contributed by atoms with Crippen LogP contribution in [-0.2, 0) is 17.4 Å². The van der Waals surface area contributed by atoms with E-state index in [2.05, 4.69) is 23.0 Å². The molecule has 0 aliphatic carbocycles. The van der Waals surface area contributed by atoms with Gasteiger partial charge < -0.3 is 15.3 Å². The summed E-state index contributed by atoms with van der Waals surface area (Å²) in [4.78, 5) is 33.7. The molecule has 9 heteroatoms. The van der Waals surface area contributed by atoms with Crippen molar-refractivity contribution < 1.29 is 22.8 Å². The Balaban J connectivity index is 0.000000360. The maximum atomic E-state index is 12.7. The van der Waals surface area contributed by atoms with E-state index in [0.29, 0.717) is 37.4 Å². The molecule has 0 spiro atoms. The van der Waals surface area contributed by atoms with E-state index in [4.69, 9.17) is 5.41 Å². The quantitative estimate of drug-likeness (QED) is 0.179. The Kier molecular flexibility index (Phi) is 12.8. The fourth-order valence-corrected chi connectivity index (χ4v) is 4.42. The number of rotatable bonds is 10. The second kappa shape index (κ2) is 15.7. The maximum Gasteiger partial charge on any atom is 0.416 e. The number of imidazole rings is 1. The molecule has 0 atom stereocenters. The molecule has 0 radical (unpaired) electrons. The molecule has 1 aromatic carbocycles. The highest BCUT2D eigenvalue weighted by molar-refractivity contribution is 5.98. The van der Waals surface area contributed by atoms with Gasteiger partial charge in [-0.25, -0.2) is 4.98 Å². The summed E-state index contributed by atoms with van der Waals surface area (Å²) in [5.41, 5.74) is 3.59. The van der Waals surface area contributed by atoms with Crippen LogP contribution in [0.3, 0.4) is 0 Å². The van der Waals surface area contributed by atoms with Crippen molar-refractivity contribution in [1.82, 2.24) is 14.9 Å². The molecule has 6 nitrogen and oxygen atoms in total. The molecule has 40 heavy (non-hydrogen) atoms. The molecule has 0 bridgehead atoms. The van der Waals surface area contributed by atoms with Crippen LogP contribution in [0.2, 0.25) is 0 Å². The molecule has 216 valence electrons. The van der Waals surface area contributed by atoms with Crippen molar-refractivity contribution in [1.29, 1.82) is 5.41 Å². The van der Waals surface area contributed by atoms with Gasteiger partial charge in [0.25, 0.3) is 5.91 Å². The highest BCUT2D eigenvalue weighted by atomic mass is 19.4. The summed E-state index contributed by atoms with van der Waals surface area (Å²) < 4.78 is 36.6. The Morgan fingerprint density at radius 1 is 1.20 bits per heavy atom. The lowest BCUT2D eigenvalue weighted by atomic mass is 9.91. The fraction of sp³-hybridized carbons (Fsp3) is 0.419. The normalized spacial score (nSPS) is 14.3. The third-order valence-electron chi connectivity index (χ3n) is 6.44. The molecule has 0 saturated carbocycles. The average Bonchev–Trinajstić information content (AvgIpc) is 3.39. The summed E-state index contributed by atoms with van der Waals surface area (Å²) >= 11 is 0. The van der Waals surface area contributed by atoms with Gasteiger partial charge in [-0.15, -0.1) is 0 Å². The lowest BCUT2D eigenvalue weighted by molar-refractivity contribution is -0.137. The van der Waals surface area contributed by atoms with E-state index in [9.17, 15) is 22.8 Å². The predicted molar refractivity (Wildman–Crippen MR) is 153 cm³/mol. The van der Waals surface area contributed by atoms with Gasteiger partial charge in [-0.3, -0.25) is 9.59 Å². The zero-order valence-electron chi connectivity index (χ0n) is 23.7. The van der Waals surface area contributed by atoms with Gasteiger partial charge in [-0.05, 0) is 68.0 Å². The number of allylic oxidation sites excluding steroid dienone is 3. The van der Waals surface area contributed by atoms with Crippen molar-refractivity contribution in [2.24, 2.45) is 0 Å². The Hall–Kier alpha value is -3.75. The number of halogens is 3. The van der Waals surface area contributed by atoms with Crippen LogP contribution in [0.4, 0.5) is 13.2 Å². The number of aryl methyl sites for hydroxylation is 1. The van der Waals surface area contributed by atoms with Gasteiger partial charge in [-0.2, -0.15) is 13.2 Å². The van der Waals surface area contributed by atoms with Crippen LogP contribution >= 0.6 is 0 Å².